The van der Waals surface area contributed by atoms with Gasteiger partial charge < -0.3 is 4.74 Å². The number of esters is 1. The largest absolute Gasteiger partial charge is 0.464 e. The standard InChI is InChI=1S/C25H25N2O2PS/c1-3-29-24(28)25(18-19-26,23-17-11-10-12-20(23)2)27-30(31,21-13-6-4-7-14-21)22-15-8-5-9-16-22/h4-17H,3,18H2,1-2H3,(H,27,31)/t25-/m1/s1. The number of hydrogen-bond donors (Lipinski definition) is 1. The quantitative estimate of drug-likeness (QED) is 0.411. The smallest absolute Gasteiger partial charge is 0.332 e. The zero-order valence-corrected chi connectivity index (χ0v) is 19.3. The molecule has 0 aliphatic rings. The Hall–Kier alpha value is -2.77. The lowest BCUT2D eigenvalue weighted by molar-refractivity contribution is -0.150. The molecule has 0 saturated heterocycles. The Morgan fingerprint density at radius 2 is 1.52 bits per heavy atom. The Balaban J connectivity index is 2.29. The highest BCUT2D eigenvalue weighted by Crippen LogP contribution is 2.46. The summed E-state index contributed by atoms with van der Waals surface area (Å²) < 4.78 is 5.51. The molecule has 0 aromatic heterocycles. The molecule has 31 heavy (non-hydrogen) atoms. The Labute approximate surface area is 188 Å². The summed E-state index contributed by atoms with van der Waals surface area (Å²) in [7, 11) is 0. The van der Waals surface area contributed by atoms with E-state index in [1.807, 2.05) is 91.9 Å². The normalized spacial score (nSPS) is 13.1. The van der Waals surface area contributed by atoms with E-state index in [9.17, 15) is 10.1 Å². The van der Waals surface area contributed by atoms with E-state index in [0.29, 0.717) is 5.56 Å². The van der Waals surface area contributed by atoms with Gasteiger partial charge in [-0.3, -0.25) is 5.09 Å². The maximum absolute atomic E-state index is 13.5. The lowest BCUT2D eigenvalue weighted by atomic mass is 9.85. The molecule has 0 aliphatic heterocycles. The number of ether oxygens (including phenoxy) is 1. The van der Waals surface area contributed by atoms with Crippen LogP contribution in [0.15, 0.2) is 84.9 Å². The fourth-order valence-corrected chi connectivity index (χ4v) is 7.44. The number of benzene rings is 3. The highest BCUT2D eigenvalue weighted by atomic mass is 32.4. The number of nitriles is 1. The molecule has 0 saturated carbocycles. The van der Waals surface area contributed by atoms with Crippen LogP contribution in [0.2, 0.25) is 0 Å². The van der Waals surface area contributed by atoms with Gasteiger partial charge in [0.15, 0.2) is 5.54 Å². The molecule has 0 bridgehead atoms. The van der Waals surface area contributed by atoms with Crippen molar-refractivity contribution in [1.29, 1.82) is 5.26 Å². The second-order valence-corrected chi connectivity index (χ2v) is 11.3. The molecule has 3 rings (SSSR count). The number of nitrogens with one attached hydrogen (secondary N) is 1. The molecule has 4 nitrogen and oxygen atoms in total. The molecular weight excluding hydrogens is 423 g/mol. The van der Waals surface area contributed by atoms with E-state index < -0.39 is 17.7 Å². The average molecular weight is 449 g/mol. The third-order valence-electron chi connectivity index (χ3n) is 5.16. The molecule has 3 aromatic rings. The fourth-order valence-electron chi connectivity index (χ4n) is 3.67. The summed E-state index contributed by atoms with van der Waals surface area (Å²) in [6.07, 6.45) is -2.81. The zero-order chi connectivity index (χ0) is 22.3. The number of aryl methyl sites for hydroxylation is 1. The zero-order valence-electron chi connectivity index (χ0n) is 17.6. The van der Waals surface area contributed by atoms with Crippen LogP contribution in [0.1, 0.15) is 24.5 Å². The van der Waals surface area contributed by atoms with Crippen molar-refractivity contribution in [3.63, 3.8) is 0 Å². The van der Waals surface area contributed by atoms with Crippen molar-refractivity contribution in [3.05, 3.63) is 96.1 Å². The molecule has 158 valence electrons. The van der Waals surface area contributed by atoms with Crippen LogP contribution in [-0.2, 0) is 26.9 Å². The Morgan fingerprint density at radius 3 is 2.00 bits per heavy atom. The van der Waals surface area contributed by atoms with E-state index in [4.69, 9.17) is 16.5 Å². The summed E-state index contributed by atoms with van der Waals surface area (Å²) in [5.74, 6) is -0.494. The summed E-state index contributed by atoms with van der Waals surface area (Å²) in [5.41, 5.74) is 0.203. The van der Waals surface area contributed by atoms with Crippen LogP contribution in [-0.4, -0.2) is 12.6 Å². The van der Waals surface area contributed by atoms with Gasteiger partial charge in [0, 0.05) is 10.6 Å². The Morgan fingerprint density at radius 1 is 1.00 bits per heavy atom. The van der Waals surface area contributed by atoms with E-state index in [1.165, 1.54) is 0 Å². The minimum absolute atomic E-state index is 0.102. The number of nitrogens with zero attached hydrogens (tertiary/aromatic N) is 1. The van der Waals surface area contributed by atoms with E-state index >= 15 is 0 Å². The lowest BCUT2D eigenvalue weighted by Crippen LogP contribution is -2.51. The monoisotopic (exact) mass is 448 g/mol. The molecular formula is C25H25N2O2PS. The number of carbonyl (C=O) groups excluding carboxylic acids is 1. The number of hydrogen-bond acceptors (Lipinski definition) is 4. The van der Waals surface area contributed by atoms with Crippen molar-refractivity contribution in [2.24, 2.45) is 0 Å². The van der Waals surface area contributed by atoms with Crippen LogP contribution < -0.4 is 15.7 Å². The van der Waals surface area contributed by atoms with Gasteiger partial charge in [-0.1, -0.05) is 96.7 Å². The molecule has 0 unspecified atom stereocenters. The first-order valence-corrected chi connectivity index (χ1v) is 12.9. The average Bonchev–Trinajstić information content (AvgIpc) is 2.80. The molecule has 6 heteroatoms. The maximum Gasteiger partial charge on any atom is 0.332 e. The number of carbonyl (C=O) groups is 1. The van der Waals surface area contributed by atoms with Crippen molar-refractivity contribution in [3.8, 4) is 6.07 Å². The molecule has 3 aromatic carbocycles. The summed E-state index contributed by atoms with van der Waals surface area (Å²) in [4.78, 5) is 13.5. The van der Waals surface area contributed by atoms with Crippen LogP contribution in [0, 0.1) is 18.3 Å². The third-order valence-corrected chi connectivity index (χ3v) is 9.45. The number of rotatable bonds is 8. The van der Waals surface area contributed by atoms with Crippen molar-refractivity contribution in [2.45, 2.75) is 25.8 Å². The van der Waals surface area contributed by atoms with Gasteiger partial charge in [0.25, 0.3) is 0 Å². The van der Waals surface area contributed by atoms with E-state index in [1.54, 1.807) is 6.92 Å². The van der Waals surface area contributed by atoms with Gasteiger partial charge in [0.05, 0.1) is 25.3 Å². The van der Waals surface area contributed by atoms with Gasteiger partial charge in [0.1, 0.15) is 0 Å². The summed E-state index contributed by atoms with van der Waals surface area (Å²) in [6, 6.07) is 29.3. The highest BCUT2D eigenvalue weighted by Gasteiger charge is 2.46. The molecule has 0 aliphatic carbocycles. The second kappa shape index (κ2) is 10.0. The van der Waals surface area contributed by atoms with Crippen LogP contribution in [0.4, 0.5) is 0 Å². The minimum Gasteiger partial charge on any atom is -0.464 e. The lowest BCUT2D eigenvalue weighted by Gasteiger charge is -2.38. The predicted octanol–water partition coefficient (Wildman–Crippen LogP) is 4.30. The van der Waals surface area contributed by atoms with Crippen molar-refractivity contribution < 1.29 is 9.53 Å². The topological polar surface area (TPSA) is 62.1 Å². The van der Waals surface area contributed by atoms with Crippen LogP contribution in [0.25, 0.3) is 0 Å². The summed E-state index contributed by atoms with van der Waals surface area (Å²) in [5, 5.41) is 15.2. The van der Waals surface area contributed by atoms with Crippen molar-refractivity contribution in [2.75, 3.05) is 6.61 Å². The molecule has 0 amide bonds. The van der Waals surface area contributed by atoms with Crippen LogP contribution in [0.3, 0.4) is 0 Å². The van der Waals surface area contributed by atoms with Gasteiger partial charge >= 0.3 is 5.97 Å². The van der Waals surface area contributed by atoms with Crippen LogP contribution >= 0.6 is 6.19 Å². The van der Waals surface area contributed by atoms with Crippen molar-refractivity contribution >= 4 is 34.6 Å². The van der Waals surface area contributed by atoms with E-state index in [2.05, 4.69) is 11.2 Å². The minimum atomic E-state index is -2.71. The third kappa shape index (κ3) is 4.62. The summed E-state index contributed by atoms with van der Waals surface area (Å²) in [6.45, 7) is 3.90. The molecule has 1 N–H and O–H groups in total. The molecule has 1 atom stereocenters. The van der Waals surface area contributed by atoms with E-state index in [-0.39, 0.29) is 13.0 Å². The first-order valence-electron chi connectivity index (χ1n) is 10.1. The van der Waals surface area contributed by atoms with Gasteiger partial charge in [0.2, 0.25) is 0 Å². The predicted molar refractivity (Wildman–Crippen MR) is 129 cm³/mol. The van der Waals surface area contributed by atoms with Gasteiger partial charge in [-0.25, -0.2) is 4.79 Å². The van der Waals surface area contributed by atoms with Crippen LogP contribution in [0.5, 0.6) is 0 Å². The molecule has 0 heterocycles. The van der Waals surface area contributed by atoms with Gasteiger partial charge in [-0.15, -0.1) is 0 Å². The Kier molecular flexibility index (Phi) is 7.41. The second-order valence-electron chi connectivity index (χ2n) is 7.17. The summed E-state index contributed by atoms with van der Waals surface area (Å²) >= 11 is 6.33. The molecule has 0 fully saturated rings. The first-order chi connectivity index (χ1) is 15.0. The van der Waals surface area contributed by atoms with E-state index in [0.717, 1.165) is 16.2 Å². The Bertz CT molecular complexity index is 1090. The molecule has 0 radical (unpaired) electrons. The molecule has 0 spiro atoms. The van der Waals surface area contributed by atoms with Gasteiger partial charge in [-0.05, 0) is 25.0 Å². The van der Waals surface area contributed by atoms with Crippen molar-refractivity contribution in [1.82, 2.24) is 5.09 Å². The van der Waals surface area contributed by atoms with Gasteiger partial charge in [-0.2, -0.15) is 5.26 Å². The SMILES string of the molecule is CCOC(=O)[C@](CC#N)(NP(=S)(c1ccccc1)c1ccccc1)c1ccccc1C. The fraction of sp³-hybridized carbons (Fsp3) is 0.200. The highest BCUT2D eigenvalue weighted by molar-refractivity contribution is 8.21. The first kappa shape index (κ1) is 22.9. The maximum atomic E-state index is 13.5.